The number of aromatic nitrogens is 4. The molecule has 218 valence electrons. The van der Waals surface area contributed by atoms with Crippen LogP contribution in [-0.4, -0.2) is 83.9 Å². The summed E-state index contributed by atoms with van der Waals surface area (Å²) in [6, 6.07) is 0.543. The summed E-state index contributed by atoms with van der Waals surface area (Å²) >= 11 is 0. The quantitative estimate of drug-likeness (QED) is 0.0936. The van der Waals surface area contributed by atoms with Gasteiger partial charge in [0.25, 0.3) is 0 Å². The van der Waals surface area contributed by atoms with Crippen molar-refractivity contribution in [3.63, 3.8) is 0 Å². The molecule has 3 rings (SSSR count). The van der Waals surface area contributed by atoms with Crippen molar-refractivity contribution in [1.29, 1.82) is 0 Å². The fraction of sp³-hybridized carbons (Fsp3) is 0.320. The summed E-state index contributed by atoms with van der Waals surface area (Å²) in [6.07, 6.45) is 5.08. The molecule has 0 aliphatic rings. The third-order valence-corrected chi connectivity index (χ3v) is 5.97. The van der Waals surface area contributed by atoms with Crippen LogP contribution in [0.25, 0.3) is 0 Å². The number of hydrogen-bond donors (Lipinski definition) is 9. The molecule has 0 spiro atoms. The first-order chi connectivity index (χ1) is 19.5. The Morgan fingerprint density at radius 2 is 1.29 bits per heavy atom. The molecule has 41 heavy (non-hydrogen) atoms. The highest BCUT2D eigenvalue weighted by Crippen LogP contribution is 2.12. The van der Waals surface area contributed by atoms with Crippen LogP contribution in [-0.2, 0) is 43.2 Å². The molecule has 3 aromatic rings. The standard InChI is InChI=1S/C25H31N9O7/c26-17(6-14-9-28-11-30-14)22(37)32-19(7-15-10-29-12-31-15)24(39)33-18(5-13-1-3-16(35)4-2-13)23(38)34-20(25(40)41)8-21(27)36/h1-4,9-12,17-20,35H,5-8,26H2,(H2,27,36)(H,28,30)(H,29,31)(H,32,37)(H,33,39)(H,34,38)(H,40,41). The van der Waals surface area contributed by atoms with Crippen molar-refractivity contribution in [2.45, 2.75) is 49.9 Å². The number of imidazole rings is 2. The van der Waals surface area contributed by atoms with E-state index in [1.165, 1.54) is 49.3 Å². The third kappa shape index (κ3) is 9.47. The number of carbonyl (C=O) groups excluding carboxylic acids is 4. The number of phenols is 1. The smallest absolute Gasteiger partial charge is 0.326 e. The second kappa shape index (κ2) is 14.2. The second-order valence-electron chi connectivity index (χ2n) is 9.23. The largest absolute Gasteiger partial charge is 0.508 e. The molecule has 0 saturated carbocycles. The van der Waals surface area contributed by atoms with E-state index in [0.717, 1.165) is 0 Å². The first-order valence-electron chi connectivity index (χ1n) is 12.4. The Bertz CT molecular complexity index is 1330. The molecular weight excluding hydrogens is 538 g/mol. The molecule has 4 amide bonds. The molecule has 11 N–H and O–H groups in total. The second-order valence-corrected chi connectivity index (χ2v) is 9.23. The lowest BCUT2D eigenvalue weighted by atomic mass is 10.0. The van der Waals surface area contributed by atoms with Gasteiger partial charge in [0.2, 0.25) is 23.6 Å². The minimum absolute atomic E-state index is 0.0278. The average molecular weight is 570 g/mol. The first kappa shape index (κ1) is 30.3. The topological polar surface area (TPSA) is 271 Å². The Hall–Kier alpha value is -5.25. The molecule has 0 saturated heterocycles. The van der Waals surface area contributed by atoms with Crippen molar-refractivity contribution in [3.8, 4) is 5.75 Å². The van der Waals surface area contributed by atoms with E-state index in [2.05, 4.69) is 35.9 Å². The number of carboxylic acids is 1. The number of H-pyrrole nitrogens is 2. The molecule has 2 aromatic heterocycles. The summed E-state index contributed by atoms with van der Waals surface area (Å²) in [6.45, 7) is 0. The summed E-state index contributed by atoms with van der Waals surface area (Å²) in [7, 11) is 0. The highest BCUT2D eigenvalue weighted by molar-refractivity contribution is 5.95. The summed E-state index contributed by atoms with van der Waals surface area (Å²) in [5.41, 5.74) is 12.8. The van der Waals surface area contributed by atoms with Crippen molar-refractivity contribution < 1.29 is 34.2 Å². The van der Waals surface area contributed by atoms with Gasteiger partial charge in [0, 0.05) is 43.0 Å². The van der Waals surface area contributed by atoms with Crippen LogP contribution >= 0.6 is 0 Å². The monoisotopic (exact) mass is 569 g/mol. The van der Waals surface area contributed by atoms with E-state index in [-0.39, 0.29) is 25.0 Å². The SMILES string of the molecule is NC(=O)CC(NC(=O)C(Cc1ccc(O)cc1)NC(=O)C(Cc1cnc[nH]1)NC(=O)C(N)Cc1cnc[nH]1)C(=O)O. The predicted octanol–water partition coefficient (Wildman–Crippen LogP) is -2.39. The van der Waals surface area contributed by atoms with E-state index in [1.54, 1.807) is 0 Å². The molecule has 4 unspecified atom stereocenters. The Kier molecular flexibility index (Phi) is 10.5. The number of nitrogens with one attached hydrogen (secondary N) is 5. The Morgan fingerprint density at radius 1 is 0.780 bits per heavy atom. The zero-order valence-electron chi connectivity index (χ0n) is 21.7. The number of phenolic OH excluding ortho intramolecular Hbond substituents is 1. The van der Waals surface area contributed by atoms with Crippen molar-refractivity contribution in [1.82, 2.24) is 35.9 Å². The summed E-state index contributed by atoms with van der Waals surface area (Å²) in [4.78, 5) is 75.9. The van der Waals surface area contributed by atoms with Crippen LogP contribution in [0, 0.1) is 0 Å². The summed E-state index contributed by atoms with van der Waals surface area (Å²) < 4.78 is 0. The predicted molar refractivity (Wildman–Crippen MR) is 142 cm³/mol. The van der Waals surface area contributed by atoms with E-state index in [1.807, 2.05) is 0 Å². The molecule has 4 atom stereocenters. The van der Waals surface area contributed by atoms with Gasteiger partial charge < -0.3 is 47.6 Å². The number of carboxylic acid groups (broad SMARTS) is 1. The molecule has 1 aromatic carbocycles. The van der Waals surface area contributed by atoms with Crippen LogP contribution in [0.3, 0.4) is 0 Å². The number of aliphatic carboxylic acids is 1. The van der Waals surface area contributed by atoms with Crippen LogP contribution < -0.4 is 27.4 Å². The van der Waals surface area contributed by atoms with Gasteiger partial charge in [0.05, 0.1) is 25.1 Å². The van der Waals surface area contributed by atoms with Crippen molar-refractivity contribution >= 4 is 29.6 Å². The summed E-state index contributed by atoms with van der Waals surface area (Å²) in [5, 5.41) is 26.4. The van der Waals surface area contributed by atoms with Gasteiger partial charge in [-0.15, -0.1) is 0 Å². The van der Waals surface area contributed by atoms with E-state index in [4.69, 9.17) is 11.5 Å². The molecular formula is C25H31N9O7. The molecule has 0 radical (unpaired) electrons. The number of carbonyl (C=O) groups is 5. The van der Waals surface area contributed by atoms with Gasteiger partial charge in [0.1, 0.15) is 23.9 Å². The van der Waals surface area contributed by atoms with Crippen LogP contribution in [0.15, 0.2) is 49.3 Å². The lowest BCUT2D eigenvalue weighted by Gasteiger charge is -2.25. The van der Waals surface area contributed by atoms with Crippen molar-refractivity contribution in [2.75, 3.05) is 0 Å². The van der Waals surface area contributed by atoms with Gasteiger partial charge in [0.15, 0.2) is 0 Å². The van der Waals surface area contributed by atoms with Crippen LogP contribution in [0.1, 0.15) is 23.4 Å². The number of aromatic hydroxyl groups is 1. The molecule has 0 aliphatic carbocycles. The van der Waals surface area contributed by atoms with Gasteiger partial charge in [-0.3, -0.25) is 19.2 Å². The number of nitrogens with zero attached hydrogens (tertiary/aromatic N) is 2. The number of aromatic amines is 2. The van der Waals surface area contributed by atoms with E-state index in [9.17, 15) is 34.2 Å². The maximum atomic E-state index is 13.5. The Labute approximate surface area is 233 Å². The molecule has 16 heteroatoms. The maximum Gasteiger partial charge on any atom is 0.326 e. The number of hydrogen-bond acceptors (Lipinski definition) is 9. The average Bonchev–Trinajstić information content (AvgIpc) is 3.63. The van der Waals surface area contributed by atoms with Gasteiger partial charge in [-0.25, -0.2) is 14.8 Å². The maximum absolute atomic E-state index is 13.5. The number of amides is 4. The third-order valence-electron chi connectivity index (χ3n) is 5.97. The fourth-order valence-electron chi connectivity index (χ4n) is 3.85. The van der Waals surface area contributed by atoms with Crippen molar-refractivity contribution in [2.24, 2.45) is 11.5 Å². The van der Waals surface area contributed by atoms with E-state index in [0.29, 0.717) is 17.0 Å². The Balaban J connectivity index is 1.81. The molecule has 2 heterocycles. The van der Waals surface area contributed by atoms with Crippen LogP contribution in [0.4, 0.5) is 0 Å². The normalized spacial score (nSPS) is 13.8. The minimum atomic E-state index is -1.64. The van der Waals surface area contributed by atoms with E-state index >= 15 is 0 Å². The highest BCUT2D eigenvalue weighted by Gasteiger charge is 2.31. The van der Waals surface area contributed by atoms with Gasteiger partial charge in [-0.2, -0.15) is 0 Å². The van der Waals surface area contributed by atoms with Crippen LogP contribution in [0.5, 0.6) is 5.75 Å². The Morgan fingerprint density at radius 3 is 1.80 bits per heavy atom. The fourth-order valence-corrected chi connectivity index (χ4v) is 3.85. The van der Waals surface area contributed by atoms with E-state index < -0.39 is 60.2 Å². The molecule has 16 nitrogen and oxygen atoms in total. The summed E-state index contributed by atoms with van der Waals surface area (Å²) in [5.74, 6) is -4.82. The highest BCUT2D eigenvalue weighted by atomic mass is 16.4. The number of rotatable bonds is 15. The zero-order valence-corrected chi connectivity index (χ0v) is 21.7. The number of primary amides is 1. The molecule has 0 aliphatic heterocycles. The number of nitrogens with two attached hydrogens (primary N) is 2. The molecule has 0 bridgehead atoms. The van der Waals surface area contributed by atoms with Gasteiger partial charge in [-0.05, 0) is 17.7 Å². The molecule has 0 fully saturated rings. The minimum Gasteiger partial charge on any atom is -0.508 e. The first-order valence-corrected chi connectivity index (χ1v) is 12.4. The lowest BCUT2D eigenvalue weighted by molar-refractivity contribution is -0.143. The van der Waals surface area contributed by atoms with Crippen molar-refractivity contribution in [3.05, 3.63) is 66.3 Å². The van der Waals surface area contributed by atoms with Gasteiger partial charge >= 0.3 is 5.97 Å². The van der Waals surface area contributed by atoms with Gasteiger partial charge in [-0.1, -0.05) is 12.1 Å². The lowest BCUT2D eigenvalue weighted by Crippen LogP contribution is -2.58. The zero-order chi connectivity index (χ0) is 29.9. The van der Waals surface area contributed by atoms with Crippen LogP contribution in [0.2, 0.25) is 0 Å². The number of benzene rings is 1.